The van der Waals surface area contributed by atoms with Crippen molar-refractivity contribution in [2.45, 2.75) is 70.4 Å². The van der Waals surface area contributed by atoms with E-state index in [-0.39, 0.29) is 30.6 Å². The summed E-state index contributed by atoms with van der Waals surface area (Å²) in [5.74, 6) is -0.897. The monoisotopic (exact) mass is 656 g/mol. The Hall–Kier alpha value is -4.29. The van der Waals surface area contributed by atoms with Crippen molar-refractivity contribution in [1.82, 2.24) is 10.2 Å². The molecule has 5 atom stereocenters. The summed E-state index contributed by atoms with van der Waals surface area (Å²) in [6.45, 7) is 7.52. The molecule has 48 heavy (non-hydrogen) atoms. The maximum atomic E-state index is 13.2. The number of esters is 1. The SMILES string of the molecule is CC(=O)O[C@@H](C)C(=O)Nc1cccc(C2O[C@H](CN3CCC4(CC3)C(=O)NCN4c3ccccc3)[C@H](C)[C@H](c3ccc(CO)cc3)O2)c1. The zero-order valence-corrected chi connectivity index (χ0v) is 27.6. The highest BCUT2D eigenvalue weighted by atomic mass is 16.7. The number of carbonyl (C=O) groups is 3. The number of piperidine rings is 1. The van der Waals surface area contributed by atoms with Crippen molar-refractivity contribution in [1.29, 1.82) is 0 Å². The van der Waals surface area contributed by atoms with Crippen molar-refractivity contribution in [2.75, 3.05) is 36.5 Å². The summed E-state index contributed by atoms with van der Waals surface area (Å²) in [6.07, 6.45) is -0.757. The van der Waals surface area contributed by atoms with Crippen LogP contribution in [0.25, 0.3) is 0 Å². The highest BCUT2D eigenvalue weighted by Crippen LogP contribution is 2.43. The number of likely N-dealkylation sites (tertiary alicyclic amines) is 1. The van der Waals surface area contributed by atoms with Crippen LogP contribution in [0.2, 0.25) is 0 Å². The second kappa shape index (κ2) is 14.4. The molecule has 0 aliphatic carbocycles. The lowest BCUT2D eigenvalue weighted by molar-refractivity contribution is -0.276. The molecule has 3 saturated heterocycles. The van der Waals surface area contributed by atoms with E-state index >= 15 is 0 Å². The molecule has 1 unspecified atom stereocenters. The number of nitrogens with one attached hydrogen (secondary N) is 2. The predicted octanol–water partition coefficient (Wildman–Crippen LogP) is 4.29. The Bertz CT molecular complexity index is 1590. The molecule has 254 valence electrons. The van der Waals surface area contributed by atoms with Gasteiger partial charge in [-0.05, 0) is 55.2 Å². The van der Waals surface area contributed by atoms with Gasteiger partial charge in [-0.15, -0.1) is 0 Å². The van der Waals surface area contributed by atoms with Crippen molar-refractivity contribution in [2.24, 2.45) is 5.92 Å². The summed E-state index contributed by atoms with van der Waals surface area (Å²) in [7, 11) is 0. The van der Waals surface area contributed by atoms with Gasteiger partial charge in [0.25, 0.3) is 5.91 Å². The van der Waals surface area contributed by atoms with Crippen LogP contribution < -0.4 is 15.5 Å². The molecule has 0 aromatic heterocycles. The highest BCUT2D eigenvalue weighted by molar-refractivity contribution is 5.95. The predicted molar refractivity (Wildman–Crippen MR) is 180 cm³/mol. The standard InChI is InChI=1S/C37H44N4O7/c1-24-32(21-40-18-16-37(17-19-40)36(45)38-23-41(37)31-10-5-4-6-11-31)47-35(48-33(24)28-14-12-27(22-42)13-15-28)29-8-7-9-30(20-29)39-34(44)25(2)46-26(3)43/h4-15,20,24-25,32-33,35,42H,16-19,21-23H2,1-3H3,(H,38,45)(H,39,44)/t24-,25-,32+,33+,35?/m0/s1. The maximum absolute atomic E-state index is 13.2. The molecule has 3 N–H and O–H groups in total. The first-order valence-corrected chi connectivity index (χ1v) is 16.6. The van der Waals surface area contributed by atoms with Gasteiger partial charge < -0.3 is 39.8 Å². The van der Waals surface area contributed by atoms with Crippen molar-refractivity contribution in [3.8, 4) is 0 Å². The van der Waals surface area contributed by atoms with Gasteiger partial charge in [0.15, 0.2) is 12.4 Å². The van der Waals surface area contributed by atoms with Crippen LogP contribution in [0.4, 0.5) is 11.4 Å². The zero-order chi connectivity index (χ0) is 33.8. The first-order chi connectivity index (χ1) is 23.2. The Kier molecular flexibility index (Phi) is 10.1. The third-order valence-electron chi connectivity index (χ3n) is 9.79. The smallest absolute Gasteiger partial charge is 0.303 e. The fourth-order valence-electron chi connectivity index (χ4n) is 7.03. The Labute approximate surface area is 281 Å². The number of carbonyl (C=O) groups excluding carboxylic acids is 3. The van der Waals surface area contributed by atoms with Crippen LogP contribution in [0.3, 0.4) is 0 Å². The van der Waals surface area contributed by atoms with Crippen LogP contribution in [0.15, 0.2) is 78.9 Å². The van der Waals surface area contributed by atoms with E-state index in [0.717, 1.165) is 35.5 Å². The molecule has 2 amide bonds. The van der Waals surface area contributed by atoms with E-state index in [4.69, 9.17) is 14.2 Å². The van der Waals surface area contributed by atoms with E-state index in [9.17, 15) is 19.5 Å². The molecule has 0 saturated carbocycles. The van der Waals surface area contributed by atoms with Gasteiger partial charge >= 0.3 is 5.97 Å². The van der Waals surface area contributed by atoms with Crippen LogP contribution in [0.1, 0.15) is 62.7 Å². The quantitative estimate of drug-likeness (QED) is 0.289. The van der Waals surface area contributed by atoms with Crippen molar-refractivity contribution in [3.63, 3.8) is 0 Å². The molecular formula is C37H44N4O7. The van der Waals surface area contributed by atoms with E-state index in [2.05, 4.69) is 39.5 Å². The van der Waals surface area contributed by atoms with Gasteiger partial charge in [-0.3, -0.25) is 14.4 Å². The van der Waals surface area contributed by atoms with E-state index in [0.29, 0.717) is 31.7 Å². The molecule has 3 fully saturated rings. The molecule has 3 aliphatic rings. The number of hydrogen-bond donors (Lipinski definition) is 3. The van der Waals surface area contributed by atoms with Crippen molar-refractivity contribution >= 4 is 29.2 Å². The number of aliphatic hydroxyl groups excluding tert-OH is 1. The summed E-state index contributed by atoms with van der Waals surface area (Å²) in [6, 6.07) is 25.2. The molecule has 11 heteroatoms. The number of para-hydroxylation sites is 1. The number of hydrogen-bond acceptors (Lipinski definition) is 9. The third kappa shape index (κ3) is 7.09. The molecule has 3 aromatic carbocycles. The summed E-state index contributed by atoms with van der Waals surface area (Å²) < 4.78 is 18.4. The van der Waals surface area contributed by atoms with Crippen molar-refractivity contribution < 1.29 is 33.7 Å². The van der Waals surface area contributed by atoms with Gasteiger partial charge in [-0.1, -0.05) is 61.5 Å². The average molecular weight is 657 g/mol. The Morgan fingerprint density at radius 3 is 2.44 bits per heavy atom. The normalized spacial score (nSPS) is 24.6. The number of benzene rings is 3. The minimum atomic E-state index is -0.941. The lowest BCUT2D eigenvalue weighted by Crippen LogP contribution is -2.57. The Morgan fingerprint density at radius 2 is 1.75 bits per heavy atom. The average Bonchev–Trinajstić information content (AvgIpc) is 3.41. The van der Waals surface area contributed by atoms with Crippen LogP contribution in [0.5, 0.6) is 0 Å². The number of nitrogens with zero attached hydrogens (tertiary/aromatic N) is 2. The van der Waals surface area contributed by atoms with Gasteiger partial charge in [0.2, 0.25) is 5.91 Å². The van der Waals surface area contributed by atoms with Gasteiger partial charge in [0, 0.05) is 49.4 Å². The van der Waals surface area contributed by atoms with Crippen LogP contribution in [0, 0.1) is 5.92 Å². The molecule has 3 aliphatic heterocycles. The van der Waals surface area contributed by atoms with Crippen LogP contribution in [-0.2, 0) is 35.2 Å². The van der Waals surface area contributed by atoms with Gasteiger partial charge in [-0.2, -0.15) is 0 Å². The third-order valence-corrected chi connectivity index (χ3v) is 9.79. The minimum absolute atomic E-state index is 0.0137. The molecule has 0 bridgehead atoms. The summed E-state index contributed by atoms with van der Waals surface area (Å²) in [5, 5.41) is 15.5. The largest absolute Gasteiger partial charge is 0.453 e. The topological polar surface area (TPSA) is 130 Å². The summed E-state index contributed by atoms with van der Waals surface area (Å²) >= 11 is 0. The fraction of sp³-hybridized carbons (Fsp3) is 0.432. The lowest BCUT2D eigenvalue weighted by atomic mass is 9.84. The second-order valence-corrected chi connectivity index (χ2v) is 12.9. The second-order valence-electron chi connectivity index (χ2n) is 12.9. The highest BCUT2D eigenvalue weighted by Gasteiger charge is 2.51. The number of aliphatic hydroxyl groups is 1. The molecule has 0 radical (unpaired) electrons. The van der Waals surface area contributed by atoms with Gasteiger partial charge in [-0.25, -0.2) is 0 Å². The Morgan fingerprint density at radius 1 is 1.02 bits per heavy atom. The summed E-state index contributed by atoms with van der Waals surface area (Å²) in [4.78, 5) is 41.8. The molecule has 3 heterocycles. The van der Waals surface area contributed by atoms with Crippen LogP contribution >= 0.6 is 0 Å². The number of ether oxygens (including phenoxy) is 3. The van der Waals surface area contributed by atoms with E-state index < -0.39 is 29.8 Å². The number of anilines is 2. The first-order valence-electron chi connectivity index (χ1n) is 16.6. The van der Waals surface area contributed by atoms with E-state index in [1.165, 1.54) is 13.8 Å². The fourth-order valence-corrected chi connectivity index (χ4v) is 7.03. The molecule has 3 aromatic rings. The van der Waals surface area contributed by atoms with Gasteiger partial charge in [0.1, 0.15) is 5.54 Å². The minimum Gasteiger partial charge on any atom is -0.453 e. The van der Waals surface area contributed by atoms with Crippen LogP contribution in [-0.4, -0.2) is 71.8 Å². The zero-order valence-electron chi connectivity index (χ0n) is 27.6. The van der Waals surface area contributed by atoms with E-state index in [1.807, 2.05) is 60.7 Å². The molecule has 11 nitrogen and oxygen atoms in total. The summed E-state index contributed by atoms with van der Waals surface area (Å²) in [5.41, 5.74) is 3.54. The number of rotatable bonds is 9. The lowest BCUT2D eigenvalue weighted by Gasteiger charge is -2.46. The molecule has 6 rings (SSSR count). The van der Waals surface area contributed by atoms with Gasteiger partial charge in [0.05, 0.1) is 25.5 Å². The number of amides is 2. The first kappa shape index (κ1) is 33.6. The Balaban J connectivity index is 1.20. The molecular weight excluding hydrogens is 612 g/mol. The molecule has 1 spiro atoms. The maximum Gasteiger partial charge on any atom is 0.303 e. The van der Waals surface area contributed by atoms with E-state index in [1.54, 1.807) is 6.07 Å². The van der Waals surface area contributed by atoms with Crippen molar-refractivity contribution in [3.05, 3.63) is 95.6 Å².